The molecule has 0 saturated heterocycles. The average molecular weight is 332 g/mol. The Morgan fingerprint density at radius 2 is 1.74 bits per heavy atom. The number of rotatable bonds is 6. The Kier molecular flexibility index (Phi) is 6.14. The Morgan fingerprint density at radius 3 is 2.43 bits per heavy atom. The van der Waals surface area contributed by atoms with Gasteiger partial charge in [-0.3, -0.25) is 9.59 Å². The quantitative estimate of drug-likeness (QED) is 0.761. The summed E-state index contributed by atoms with van der Waals surface area (Å²) in [5.41, 5.74) is 7.34. The Balaban J connectivity index is 1.96. The van der Waals surface area contributed by atoms with E-state index in [0.717, 1.165) is 5.56 Å². The number of carbonyl (C=O) groups excluding carboxylic acids is 2. The summed E-state index contributed by atoms with van der Waals surface area (Å²) in [7, 11) is 0. The number of carbonyl (C=O) groups is 2. The molecule has 2 amide bonds. The minimum absolute atomic E-state index is 0.110. The highest BCUT2D eigenvalue weighted by Crippen LogP contribution is 2.25. The number of aryl methyl sites for hydroxylation is 1. The summed E-state index contributed by atoms with van der Waals surface area (Å²) in [6.07, 6.45) is 0.994. The lowest BCUT2D eigenvalue weighted by atomic mass is 10.1. The lowest BCUT2D eigenvalue weighted by Gasteiger charge is -2.10. The molecule has 2 aromatic rings. The van der Waals surface area contributed by atoms with Gasteiger partial charge in [0.05, 0.1) is 17.3 Å². The molecule has 0 aromatic heterocycles. The normalized spacial score (nSPS) is 10.2. The Labute approximate surface area is 139 Å². The zero-order valence-corrected chi connectivity index (χ0v) is 13.3. The molecule has 0 fully saturated rings. The molecule has 0 aliphatic rings. The van der Waals surface area contributed by atoms with Crippen LogP contribution in [0.4, 0.5) is 11.4 Å². The van der Waals surface area contributed by atoms with Crippen molar-refractivity contribution in [3.8, 4) is 0 Å². The third-order valence-electron chi connectivity index (χ3n) is 3.19. The van der Waals surface area contributed by atoms with Crippen molar-refractivity contribution in [2.45, 2.75) is 12.8 Å². The Morgan fingerprint density at radius 1 is 1.00 bits per heavy atom. The maximum absolute atomic E-state index is 12.1. The van der Waals surface area contributed by atoms with Crippen LogP contribution in [0.25, 0.3) is 0 Å². The molecule has 0 spiro atoms. The molecule has 0 heterocycles. The number of benzene rings is 2. The second-order valence-corrected chi connectivity index (χ2v) is 5.39. The van der Waals surface area contributed by atoms with Crippen molar-refractivity contribution in [3.05, 3.63) is 59.1 Å². The monoisotopic (exact) mass is 331 g/mol. The molecule has 0 radical (unpaired) electrons. The van der Waals surface area contributed by atoms with Crippen molar-refractivity contribution in [3.63, 3.8) is 0 Å². The van der Waals surface area contributed by atoms with Gasteiger partial charge in [0, 0.05) is 12.1 Å². The van der Waals surface area contributed by atoms with Gasteiger partial charge in [-0.15, -0.1) is 0 Å². The van der Waals surface area contributed by atoms with Gasteiger partial charge in [0.2, 0.25) is 11.8 Å². The van der Waals surface area contributed by atoms with Crippen molar-refractivity contribution in [1.29, 1.82) is 0 Å². The van der Waals surface area contributed by atoms with Gasteiger partial charge in [-0.25, -0.2) is 0 Å². The summed E-state index contributed by atoms with van der Waals surface area (Å²) in [5, 5.41) is 5.78. The lowest BCUT2D eigenvalue weighted by Crippen LogP contribution is -2.22. The first-order chi connectivity index (χ1) is 11.1. The van der Waals surface area contributed by atoms with E-state index in [1.165, 1.54) is 0 Å². The van der Waals surface area contributed by atoms with Gasteiger partial charge in [-0.1, -0.05) is 41.9 Å². The van der Waals surface area contributed by atoms with E-state index in [4.69, 9.17) is 17.3 Å². The maximum Gasteiger partial charge on any atom is 0.238 e. The van der Waals surface area contributed by atoms with Gasteiger partial charge in [0.1, 0.15) is 0 Å². The highest BCUT2D eigenvalue weighted by Gasteiger charge is 2.08. The second kappa shape index (κ2) is 8.31. The molecular weight excluding hydrogens is 314 g/mol. The molecule has 0 unspecified atom stereocenters. The molecule has 0 aliphatic heterocycles. The van der Waals surface area contributed by atoms with E-state index >= 15 is 0 Å². The SMILES string of the molecule is NCC(=O)Nc1ccc(Cl)c(NC(=O)CCc2ccccc2)c1. The highest BCUT2D eigenvalue weighted by atomic mass is 35.5. The minimum Gasteiger partial charge on any atom is -0.325 e. The number of hydrogen-bond acceptors (Lipinski definition) is 3. The van der Waals surface area contributed by atoms with E-state index in [2.05, 4.69) is 10.6 Å². The fraction of sp³-hybridized carbons (Fsp3) is 0.176. The molecule has 2 aromatic carbocycles. The molecular formula is C17H18ClN3O2. The van der Waals surface area contributed by atoms with Crippen LogP contribution in [-0.4, -0.2) is 18.4 Å². The van der Waals surface area contributed by atoms with E-state index < -0.39 is 0 Å². The molecule has 0 bridgehead atoms. The van der Waals surface area contributed by atoms with Crippen LogP contribution in [0.2, 0.25) is 5.02 Å². The number of halogens is 1. The molecule has 6 heteroatoms. The fourth-order valence-electron chi connectivity index (χ4n) is 2.03. The second-order valence-electron chi connectivity index (χ2n) is 4.98. The van der Waals surface area contributed by atoms with Crippen molar-refractivity contribution in [2.24, 2.45) is 5.73 Å². The van der Waals surface area contributed by atoms with Crippen LogP contribution >= 0.6 is 11.6 Å². The van der Waals surface area contributed by atoms with Gasteiger partial charge in [-0.05, 0) is 30.2 Å². The number of nitrogens with one attached hydrogen (secondary N) is 2. The van der Waals surface area contributed by atoms with Crippen molar-refractivity contribution < 1.29 is 9.59 Å². The van der Waals surface area contributed by atoms with Crippen molar-refractivity contribution in [1.82, 2.24) is 0 Å². The maximum atomic E-state index is 12.1. The van der Waals surface area contributed by atoms with E-state index in [0.29, 0.717) is 29.2 Å². The highest BCUT2D eigenvalue weighted by molar-refractivity contribution is 6.33. The largest absolute Gasteiger partial charge is 0.325 e. The Hall–Kier alpha value is -2.37. The van der Waals surface area contributed by atoms with Gasteiger partial charge < -0.3 is 16.4 Å². The molecule has 2 rings (SSSR count). The van der Waals surface area contributed by atoms with Gasteiger partial charge >= 0.3 is 0 Å². The van der Waals surface area contributed by atoms with Crippen molar-refractivity contribution in [2.75, 3.05) is 17.2 Å². The summed E-state index contributed by atoms with van der Waals surface area (Å²) < 4.78 is 0. The van der Waals surface area contributed by atoms with E-state index in [1.807, 2.05) is 30.3 Å². The average Bonchev–Trinajstić information content (AvgIpc) is 2.57. The first-order valence-electron chi connectivity index (χ1n) is 7.21. The zero-order valence-electron chi connectivity index (χ0n) is 12.5. The molecule has 0 aliphatic carbocycles. The fourth-order valence-corrected chi connectivity index (χ4v) is 2.19. The third kappa shape index (κ3) is 5.39. The van der Waals surface area contributed by atoms with Crippen LogP contribution in [0.3, 0.4) is 0 Å². The summed E-state index contributed by atoms with van der Waals surface area (Å²) in [5.74, 6) is -0.452. The summed E-state index contributed by atoms with van der Waals surface area (Å²) in [4.78, 5) is 23.4. The lowest BCUT2D eigenvalue weighted by molar-refractivity contribution is -0.116. The van der Waals surface area contributed by atoms with Crippen LogP contribution in [-0.2, 0) is 16.0 Å². The van der Waals surface area contributed by atoms with E-state index in [9.17, 15) is 9.59 Å². The molecule has 0 saturated carbocycles. The third-order valence-corrected chi connectivity index (χ3v) is 3.52. The standard InChI is InChI=1S/C17H18ClN3O2/c18-14-8-7-13(20-17(23)11-19)10-15(14)21-16(22)9-6-12-4-2-1-3-5-12/h1-5,7-8,10H,6,9,11,19H2,(H,20,23)(H,21,22). The van der Waals surface area contributed by atoms with Crippen LogP contribution in [0, 0.1) is 0 Å². The molecule has 23 heavy (non-hydrogen) atoms. The van der Waals surface area contributed by atoms with Crippen LogP contribution in [0.15, 0.2) is 48.5 Å². The number of nitrogens with two attached hydrogens (primary N) is 1. The first kappa shape index (κ1) is 17.0. The summed E-state index contributed by atoms with van der Waals surface area (Å²) in [6, 6.07) is 14.6. The molecule has 4 N–H and O–H groups in total. The molecule has 120 valence electrons. The van der Waals surface area contributed by atoms with E-state index in [1.54, 1.807) is 18.2 Å². The minimum atomic E-state index is -0.311. The summed E-state index contributed by atoms with van der Waals surface area (Å²) >= 11 is 6.08. The van der Waals surface area contributed by atoms with Gasteiger partial charge in [-0.2, -0.15) is 0 Å². The number of anilines is 2. The van der Waals surface area contributed by atoms with Crippen LogP contribution in [0.5, 0.6) is 0 Å². The number of amides is 2. The van der Waals surface area contributed by atoms with Crippen molar-refractivity contribution >= 4 is 34.8 Å². The molecule has 5 nitrogen and oxygen atoms in total. The van der Waals surface area contributed by atoms with Crippen LogP contribution < -0.4 is 16.4 Å². The smallest absolute Gasteiger partial charge is 0.238 e. The zero-order chi connectivity index (χ0) is 16.7. The van der Waals surface area contributed by atoms with E-state index in [-0.39, 0.29) is 18.4 Å². The van der Waals surface area contributed by atoms with Gasteiger partial charge in [0.15, 0.2) is 0 Å². The summed E-state index contributed by atoms with van der Waals surface area (Å²) in [6.45, 7) is -0.110. The predicted molar refractivity (Wildman–Crippen MR) is 92.5 cm³/mol. The number of hydrogen-bond donors (Lipinski definition) is 3. The first-order valence-corrected chi connectivity index (χ1v) is 7.59. The van der Waals surface area contributed by atoms with Gasteiger partial charge in [0.25, 0.3) is 0 Å². The topological polar surface area (TPSA) is 84.2 Å². The predicted octanol–water partition coefficient (Wildman–Crippen LogP) is 2.81. The Bertz CT molecular complexity index is 689. The molecule has 0 atom stereocenters. The van der Waals surface area contributed by atoms with Crippen LogP contribution in [0.1, 0.15) is 12.0 Å².